The van der Waals surface area contributed by atoms with E-state index in [2.05, 4.69) is 4.90 Å². The van der Waals surface area contributed by atoms with Gasteiger partial charge in [-0.25, -0.2) is 19.6 Å². The van der Waals surface area contributed by atoms with Crippen molar-refractivity contribution < 1.29 is 47.8 Å². The van der Waals surface area contributed by atoms with Gasteiger partial charge in [-0.15, -0.1) is 0 Å². The number of rotatable bonds is 14. The molecule has 82 heavy (non-hydrogen) atoms. The van der Waals surface area contributed by atoms with Crippen molar-refractivity contribution in [3.8, 4) is 0 Å². The van der Waals surface area contributed by atoms with Gasteiger partial charge in [0.15, 0.2) is 0 Å². The van der Waals surface area contributed by atoms with Crippen LogP contribution in [0.5, 0.6) is 0 Å². The van der Waals surface area contributed by atoms with E-state index in [0.717, 1.165) is 27.8 Å². The number of imide groups is 4. The molecule has 10 aliphatic rings. The van der Waals surface area contributed by atoms with Crippen molar-refractivity contribution in [1.29, 1.82) is 0 Å². The van der Waals surface area contributed by atoms with Crippen LogP contribution in [0.4, 0.5) is 22.7 Å². The van der Waals surface area contributed by atoms with Crippen LogP contribution in [0.25, 0.3) is 0 Å². The lowest BCUT2D eigenvalue weighted by Gasteiger charge is -2.36. The standard InChI is InChI=1S/C64H56N6O10S2/c1-81-34-62-26-24-45(79-62)48-51(62)58(75)68(55(48)72)42-18-10-37(11-19-42)30-36-8-16-41(17-9-36)67-47(71)32-64(61(67)78)53-50(54-65(28-29-66(54)64)33-40-6-4-3-5-7-40)57(74)70(60(53)77)44-22-14-39(15-23-44)31-38-12-20-43(21-13-38)69-56(73)49-46-25-27-63(80-46,35-82-2)52(49)59(69)76/h3-27,45-46,48-54H,28-35H2,1-2H3. The maximum Gasteiger partial charge on any atom is 0.255 e. The zero-order chi connectivity index (χ0) is 56.1. The van der Waals surface area contributed by atoms with Gasteiger partial charge >= 0.3 is 0 Å². The van der Waals surface area contributed by atoms with Gasteiger partial charge in [-0.3, -0.25) is 48.2 Å². The third-order valence-electron chi connectivity index (χ3n) is 19.1. The normalized spacial score (nSPS) is 33.0. The monoisotopic (exact) mass is 1130 g/mol. The SMILES string of the molecule is CSCC12C=CC(O1)C1C(=O)N(c3ccc(Cc4ccc(N5C(=O)C6C7N(Cc8ccccc8)CCN7C7(CC(=O)N(c8ccc(Cc9ccc(N%10C(=O)C%11C%12C=CC(CSC)(O%12)C%11C%10=O)cc9)cc8)C7=O)C6C5=O)cc4)cc3)C(=O)C12. The number of ether oxygens (including phenoxy) is 2. The first-order chi connectivity index (χ1) is 39.8. The van der Waals surface area contributed by atoms with E-state index in [1.165, 1.54) is 19.6 Å². The number of carbonyl (C=O) groups excluding carboxylic acids is 8. The predicted molar refractivity (Wildman–Crippen MR) is 307 cm³/mol. The van der Waals surface area contributed by atoms with E-state index >= 15 is 14.4 Å². The van der Waals surface area contributed by atoms with Crippen molar-refractivity contribution in [2.24, 2.45) is 35.5 Å². The van der Waals surface area contributed by atoms with Gasteiger partial charge < -0.3 is 9.47 Å². The van der Waals surface area contributed by atoms with Crippen LogP contribution in [-0.2, 0) is 67.2 Å². The number of thioether (sulfide) groups is 2. The Kier molecular flexibility index (Phi) is 11.9. The van der Waals surface area contributed by atoms with Crippen LogP contribution in [-0.4, -0.2) is 129 Å². The van der Waals surface area contributed by atoms with Crippen LogP contribution in [0.2, 0.25) is 0 Å². The number of nitrogens with zero attached hydrogens (tertiary/aromatic N) is 6. The molecule has 8 saturated heterocycles. The van der Waals surface area contributed by atoms with Crippen molar-refractivity contribution in [3.63, 3.8) is 0 Å². The fraction of sp³-hybridized carbons (Fsp3) is 0.344. The highest BCUT2D eigenvalue weighted by molar-refractivity contribution is 7.98. The Morgan fingerprint density at radius 3 is 1.32 bits per heavy atom. The van der Waals surface area contributed by atoms with Crippen LogP contribution in [0.15, 0.2) is 152 Å². The molecule has 1 spiro atoms. The van der Waals surface area contributed by atoms with Crippen molar-refractivity contribution in [2.75, 3.05) is 56.7 Å². The van der Waals surface area contributed by atoms with Crippen molar-refractivity contribution in [1.82, 2.24) is 9.80 Å². The van der Waals surface area contributed by atoms with Gasteiger partial charge in [0.05, 0.1) is 83.1 Å². The highest BCUT2D eigenvalue weighted by Gasteiger charge is 2.77. The average Bonchev–Trinajstić information content (AvgIpc) is 1.64. The van der Waals surface area contributed by atoms with Gasteiger partial charge in [-0.2, -0.15) is 23.5 Å². The minimum absolute atomic E-state index is 0.240. The first kappa shape index (κ1) is 51.6. The van der Waals surface area contributed by atoms with Crippen molar-refractivity contribution >= 4 is 93.5 Å². The summed E-state index contributed by atoms with van der Waals surface area (Å²) in [6, 6.07) is 39.1. The largest absolute Gasteiger partial charge is 0.361 e. The Balaban J connectivity index is 0.656. The Bertz CT molecular complexity index is 3660. The predicted octanol–water partition coefficient (Wildman–Crippen LogP) is 6.19. The Hall–Kier alpha value is -7.32. The maximum atomic E-state index is 15.4. The number of amides is 8. The zero-order valence-electron chi connectivity index (χ0n) is 44.9. The van der Waals surface area contributed by atoms with Crippen LogP contribution in [0.1, 0.15) is 34.2 Å². The molecule has 0 radical (unpaired) electrons. The maximum absolute atomic E-state index is 15.4. The van der Waals surface area contributed by atoms with Gasteiger partial charge in [0.1, 0.15) is 16.7 Å². The fourth-order valence-electron chi connectivity index (χ4n) is 15.7. The summed E-state index contributed by atoms with van der Waals surface area (Å²) in [7, 11) is 0. The summed E-state index contributed by atoms with van der Waals surface area (Å²) in [5.41, 5.74) is 3.29. The Morgan fingerprint density at radius 1 is 0.463 bits per heavy atom. The molecule has 0 saturated carbocycles. The molecule has 12 atom stereocenters. The van der Waals surface area contributed by atoms with E-state index in [1.807, 2.05) is 121 Å². The third kappa shape index (κ3) is 7.27. The van der Waals surface area contributed by atoms with Crippen molar-refractivity contribution in [2.45, 2.75) is 60.9 Å². The topological polar surface area (TPSA) is 174 Å². The van der Waals surface area contributed by atoms with Crippen LogP contribution in [0, 0.1) is 35.5 Å². The van der Waals surface area contributed by atoms with Crippen LogP contribution >= 0.6 is 23.5 Å². The van der Waals surface area contributed by atoms with Gasteiger partial charge in [0.2, 0.25) is 41.4 Å². The first-order valence-electron chi connectivity index (χ1n) is 27.9. The summed E-state index contributed by atoms with van der Waals surface area (Å²) in [6.07, 6.45) is 10.9. The summed E-state index contributed by atoms with van der Waals surface area (Å²) < 4.78 is 12.4. The number of hydrogen-bond acceptors (Lipinski definition) is 14. The number of hydrogen-bond donors (Lipinski definition) is 0. The number of benzene rings is 5. The minimum atomic E-state index is -1.61. The van der Waals surface area contributed by atoms with Crippen LogP contribution < -0.4 is 19.6 Å². The molecule has 0 aromatic heterocycles. The fourth-order valence-corrected chi connectivity index (χ4v) is 17.3. The molecule has 10 heterocycles. The molecule has 414 valence electrons. The van der Waals surface area contributed by atoms with Gasteiger partial charge in [0.25, 0.3) is 5.91 Å². The highest BCUT2D eigenvalue weighted by Crippen LogP contribution is 2.58. The second-order valence-corrected chi connectivity index (χ2v) is 25.2. The molecular weight excluding hydrogens is 1080 g/mol. The van der Waals surface area contributed by atoms with E-state index in [9.17, 15) is 24.0 Å². The van der Waals surface area contributed by atoms with Crippen LogP contribution in [0.3, 0.4) is 0 Å². The Morgan fingerprint density at radius 2 is 0.878 bits per heavy atom. The van der Waals surface area contributed by atoms with Gasteiger partial charge in [-0.1, -0.05) is 103 Å². The van der Waals surface area contributed by atoms with E-state index < -0.39 is 94.3 Å². The lowest BCUT2D eigenvalue weighted by molar-refractivity contribution is -0.135. The molecule has 12 unspecified atom stereocenters. The number of fused-ring (bicyclic) bond motifs is 15. The van der Waals surface area contributed by atoms with E-state index in [1.54, 1.807) is 72.1 Å². The highest BCUT2D eigenvalue weighted by atomic mass is 32.2. The van der Waals surface area contributed by atoms with E-state index in [0.29, 0.717) is 66.7 Å². The summed E-state index contributed by atoms with van der Waals surface area (Å²) in [5, 5.41) is 0. The van der Waals surface area contributed by atoms with Crippen molar-refractivity contribution in [3.05, 3.63) is 180 Å². The smallest absolute Gasteiger partial charge is 0.255 e. The third-order valence-corrected chi connectivity index (χ3v) is 20.6. The molecule has 5 aromatic carbocycles. The summed E-state index contributed by atoms with van der Waals surface area (Å²) in [6.45, 7) is 1.39. The molecule has 5 aromatic rings. The number of carbonyl (C=O) groups is 8. The molecule has 8 amide bonds. The summed E-state index contributed by atoms with van der Waals surface area (Å²) in [5.74, 6) is -5.91. The molecule has 10 aliphatic heterocycles. The van der Waals surface area contributed by atoms with E-state index in [4.69, 9.17) is 9.47 Å². The summed E-state index contributed by atoms with van der Waals surface area (Å²) in [4.78, 5) is 124. The number of anilines is 4. The molecule has 8 fully saturated rings. The lowest BCUT2D eigenvalue weighted by atomic mass is 9.78. The molecule has 15 rings (SSSR count). The van der Waals surface area contributed by atoms with Gasteiger partial charge in [-0.05, 0) is 102 Å². The molecule has 16 nitrogen and oxygen atoms in total. The second kappa shape index (κ2) is 18.9. The quantitative estimate of drug-likeness (QED) is 0.0910. The molecule has 4 bridgehead atoms. The minimum Gasteiger partial charge on any atom is -0.361 e. The molecule has 0 N–H and O–H groups in total. The zero-order valence-corrected chi connectivity index (χ0v) is 46.5. The summed E-state index contributed by atoms with van der Waals surface area (Å²) >= 11 is 3.18. The molecular formula is C64H56N6O10S2. The van der Waals surface area contributed by atoms with E-state index in [-0.39, 0.29) is 30.0 Å². The first-order valence-corrected chi connectivity index (χ1v) is 30.7. The molecule has 0 aliphatic carbocycles. The Labute approximate surface area is 481 Å². The second-order valence-electron chi connectivity index (χ2n) is 23.4. The van der Waals surface area contributed by atoms with Gasteiger partial charge in [0, 0.05) is 31.1 Å². The lowest BCUT2D eigenvalue weighted by Crippen LogP contribution is -2.57. The molecule has 18 heteroatoms. The average molecular weight is 1130 g/mol.